The van der Waals surface area contributed by atoms with Gasteiger partial charge in [-0.2, -0.15) is 13.2 Å². The van der Waals surface area contributed by atoms with Gasteiger partial charge in [-0.05, 0) is 35.9 Å². The predicted octanol–water partition coefficient (Wildman–Crippen LogP) is 3.58. The molecule has 0 fully saturated rings. The number of furan rings is 1. The molecule has 104 valence electrons. The number of H-pyrrole nitrogens is 1. The maximum atomic E-state index is 12.6. The van der Waals surface area contributed by atoms with Gasteiger partial charge in [-0.3, -0.25) is 0 Å². The number of hydrogen-bond acceptors (Lipinski definition) is 2. The number of nitrogens with zero attached hydrogens (tertiary/aromatic N) is 1. The van der Waals surface area contributed by atoms with E-state index in [0.29, 0.717) is 0 Å². The Bertz CT molecular complexity index is 844. The van der Waals surface area contributed by atoms with E-state index in [0.717, 1.165) is 16.7 Å². The van der Waals surface area contributed by atoms with Crippen molar-refractivity contribution in [2.45, 2.75) is 6.18 Å². The maximum absolute atomic E-state index is 12.6. The van der Waals surface area contributed by atoms with E-state index in [1.165, 1.54) is 18.2 Å². The van der Waals surface area contributed by atoms with Crippen molar-refractivity contribution in [3.8, 4) is 5.88 Å². The van der Waals surface area contributed by atoms with Crippen LogP contribution in [0.5, 0.6) is 0 Å². The lowest BCUT2D eigenvalue weighted by atomic mass is 10.2. The van der Waals surface area contributed by atoms with Crippen molar-refractivity contribution in [1.82, 2.24) is 9.55 Å². The van der Waals surface area contributed by atoms with Gasteiger partial charge in [0.1, 0.15) is 0 Å². The number of benzene rings is 1. The first-order chi connectivity index (χ1) is 9.36. The first-order valence-electron chi connectivity index (χ1n) is 5.44. The molecule has 0 unspecified atom stereocenters. The van der Waals surface area contributed by atoms with Crippen LogP contribution in [-0.2, 0) is 6.18 Å². The van der Waals surface area contributed by atoms with Crippen LogP contribution in [-0.4, -0.2) is 9.55 Å². The van der Waals surface area contributed by atoms with Crippen LogP contribution in [0.25, 0.3) is 16.9 Å². The van der Waals surface area contributed by atoms with Crippen LogP contribution in [0.3, 0.4) is 0 Å². The highest BCUT2D eigenvalue weighted by atomic mass is 35.5. The lowest BCUT2D eigenvalue weighted by molar-refractivity contribution is -0.137. The molecule has 3 rings (SSSR count). The van der Waals surface area contributed by atoms with Gasteiger partial charge in [0.15, 0.2) is 5.22 Å². The van der Waals surface area contributed by atoms with E-state index in [2.05, 4.69) is 4.98 Å². The lowest BCUT2D eigenvalue weighted by Gasteiger charge is -2.06. The molecule has 0 radical (unpaired) electrons. The van der Waals surface area contributed by atoms with Crippen LogP contribution in [0, 0.1) is 0 Å². The monoisotopic (exact) mass is 302 g/mol. The minimum absolute atomic E-state index is 0.0670. The zero-order chi connectivity index (χ0) is 14.5. The standard InChI is InChI=1S/C12H6ClF3N2O2/c13-9-3-4-10(20-9)18-8-2-1-6(12(14,15)16)5-7(8)17-11(18)19/h1-5H,(H,17,19). The van der Waals surface area contributed by atoms with E-state index >= 15 is 0 Å². The SMILES string of the molecule is O=c1[nH]c2cc(C(F)(F)F)ccc2n1-c1ccc(Cl)o1. The Morgan fingerprint density at radius 2 is 1.95 bits per heavy atom. The quantitative estimate of drug-likeness (QED) is 0.747. The summed E-state index contributed by atoms with van der Waals surface area (Å²) in [6.45, 7) is 0. The van der Waals surface area contributed by atoms with Gasteiger partial charge < -0.3 is 9.40 Å². The van der Waals surface area contributed by atoms with Gasteiger partial charge >= 0.3 is 11.9 Å². The molecule has 2 heterocycles. The molecule has 8 heteroatoms. The molecule has 1 N–H and O–H groups in total. The highest BCUT2D eigenvalue weighted by Gasteiger charge is 2.31. The Kier molecular flexibility index (Phi) is 2.68. The number of imidazole rings is 1. The van der Waals surface area contributed by atoms with Gasteiger partial charge in [-0.1, -0.05) is 0 Å². The first kappa shape index (κ1) is 12.9. The molecular weight excluding hydrogens is 297 g/mol. The predicted molar refractivity (Wildman–Crippen MR) is 66.2 cm³/mol. The molecule has 0 amide bonds. The van der Waals surface area contributed by atoms with Crippen LogP contribution in [0.1, 0.15) is 5.56 Å². The molecule has 0 saturated carbocycles. The fraction of sp³-hybridized carbons (Fsp3) is 0.0833. The van der Waals surface area contributed by atoms with Crippen molar-refractivity contribution in [2.24, 2.45) is 0 Å². The Morgan fingerprint density at radius 1 is 1.20 bits per heavy atom. The smallest absolute Gasteiger partial charge is 0.416 e. The summed E-state index contributed by atoms with van der Waals surface area (Å²) in [7, 11) is 0. The van der Waals surface area contributed by atoms with Crippen molar-refractivity contribution in [3.05, 3.63) is 51.6 Å². The summed E-state index contributed by atoms with van der Waals surface area (Å²) < 4.78 is 44.1. The second-order valence-corrected chi connectivity index (χ2v) is 4.45. The Balaban J connectivity index is 2.25. The van der Waals surface area contributed by atoms with E-state index in [-0.39, 0.29) is 22.1 Å². The van der Waals surface area contributed by atoms with Crippen molar-refractivity contribution >= 4 is 22.6 Å². The summed E-state index contributed by atoms with van der Waals surface area (Å²) >= 11 is 5.62. The number of aromatic nitrogens is 2. The van der Waals surface area contributed by atoms with Gasteiger partial charge in [-0.15, -0.1) is 0 Å². The molecule has 0 aliphatic carbocycles. The molecule has 2 aromatic heterocycles. The number of fused-ring (bicyclic) bond motifs is 1. The Morgan fingerprint density at radius 3 is 2.55 bits per heavy atom. The van der Waals surface area contributed by atoms with Gasteiger partial charge in [0, 0.05) is 6.07 Å². The second-order valence-electron chi connectivity index (χ2n) is 4.07. The van der Waals surface area contributed by atoms with Gasteiger partial charge in [0.25, 0.3) is 0 Å². The first-order valence-corrected chi connectivity index (χ1v) is 5.82. The summed E-state index contributed by atoms with van der Waals surface area (Å²) in [6, 6.07) is 5.86. The molecule has 0 atom stereocenters. The van der Waals surface area contributed by atoms with Crippen LogP contribution >= 0.6 is 11.6 Å². The summed E-state index contributed by atoms with van der Waals surface area (Å²) in [5, 5.41) is 0.0770. The average Bonchev–Trinajstić information content (AvgIpc) is 2.89. The lowest BCUT2D eigenvalue weighted by Crippen LogP contribution is -2.13. The molecule has 3 aromatic rings. The molecule has 4 nitrogen and oxygen atoms in total. The van der Waals surface area contributed by atoms with E-state index in [1.807, 2.05) is 0 Å². The van der Waals surface area contributed by atoms with Gasteiger partial charge in [-0.25, -0.2) is 9.36 Å². The van der Waals surface area contributed by atoms with Crippen molar-refractivity contribution in [2.75, 3.05) is 0 Å². The highest BCUT2D eigenvalue weighted by molar-refractivity contribution is 6.28. The molecule has 1 aromatic carbocycles. The van der Waals surface area contributed by atoms with E-state index in [4.69, 9.17) is 16.0 Å². The number of nitrogens with one attached hydrogen (secondary N) is 1. The number of alkyl halides is 3. The molecule has 0 spiro atoms. The maximum Gasteiger partial charge on any atom is 0.416 e. The second kappa shape index (κ2) is 4.17. The average molecular weight is 303 g/mol. The third-order valence-corrected chi connectivity index (χ3v) is 2.99. The zero-order valence-electron chi connectivity index (χ0n) is 9.66. The molecule has 0 aliphatic rings. The minimum atomic E-state index is -4.47. The Labute approximate surface area is 114 Å². The van der Waals surface area contributed by atoms with Gasteiger partial charge in [0.05, 0.1) is 16.6 Å². The summed E-state index contributed by atoms with van der Waals surface area (Å²) in [5.74, 6) is 0.131. The van der Waals surface area contributed by atoms with Crippen molar-refractivity contribution < 1.29 is 17.6 Å². The van der Waals surface area contributed by atoms with E-state index < -0.39 is 17.4 Å². The van der Waals surface area contributed by atoms with E-state index in [1.54, 1.807) is 0 Å². The third kappa shape index (κ3) is 2.00. The molecular formula is C12H6ClF3N2O2. The number of aromatic amines is 1. The number of rotatable bonds is 1. The van der Waals surface area contributed by atoms with Gasteiger partial charge in [0.2, 0.25) is 5.88 Å². The minimum Gasteiger partial charge on any atom is -0.428 e. The van der Waals surface area contributed by atoms with E-state index in [9.17, 15) is 18.0 Å². The molecule has 0 saturated heterocycles. The fourth-order valence-electron chi connectivity index (χ4n) is 1.93. The normalized spacial score (nSPS) is 12.2. The van der Waals surface area contributed by atoms with Crippen LogP contribution < -0.4 is 5.69 Å². The zero-order valence-corrected chi connectivity index (χ0v) is 10.4. The summed E-state index contributed by atoms with van der Waals surface area (Å²) in [5.41, 5.74) is -1.10. The molecule has 0 aliphatic heterocycles. The summed E-state index contributed by atoms with van der Waals surface area (Å²) in [6.07, 6.45) is -4.47. The number of halogens is 4. The van der Waals surface area contributed by atoms with Crippen LogP contribution in [0.2, 0.25) is 5.22 Å². The summed E-state index contributed by atoms with van der Waals surface area (Å²) in [4.78, 5) is 14.2. The van der Waals surface area contributed by atoms with Crippen molar-refractivity contribution in [1.29, 1.82) is 0 Å². The molecule has 0 bridgehead atoms. The Hall–Kier alpha value is -2.15. The third-order valence-electron chi connectivity index (χ3n) is 2.79. The molecule has 20 heavy (non-hydrogen) atoms. The van der Waals surface area contributed by atoms with Crippen LogP contribution in [0.15, 0.2) is 39.5 Å². The van der Waals surface area contributed by atoms with Crippen molar-refractivity contribution in [3.63, 3.8) is 0 Å². The fourth-order valence-corrected chi connectivity index (χ4v) is 2.07. The van der Waals surface area contributed by atoms with Crippen LogP contribution in [0.4, 0.5) is 13.2 Å². The highest BCUT2D eigenvalue weighted by Crippen LogP contribution is 2.31. The topological polar surface area (TPSA) is 50.9 Å². The number of hydrogen-bond donors (Lipinski definition) is 1. The largest absolute Gasteiger partial charge is 0.428 e.